The SMILES string of the molecule is O=C(O)C(=O)O.O=P(O)(O)O.[Fe]. The third-order valence-electron chi connectivity index (χ3n) is 0.183. The van der Waals surface area contributed by atoms with Gasteiger partial charge in [-0.1, -0.05) is 0 Å². The van der Waals surface area contributed by atoms with Crippen molar-refractivity contribution < 1.29 is 56.1 Å². The minimum absolute atomic E-state index is 0. The molecule has 8 nitrogen and oxygen atoms in total. The Bertz CT molecular complexity index is 173. The zero-order chi connectivity index (χ0) is 9.65. The van der Waals surface area contributed by atoms with Gasteiger partial charge in [0, 0.05) is 17.1 Å². The van der Waals surface area contributed by atoms with Crippen LogP contribution in [0.3, 0.4) is 0 Å². The monoisotopic (exact) mass is 244 g/mol. The summed E-state index contributed by atoms with van der Waals surface area (Å²) in [5.41, 5.74) is 0. The first-order chi connectivity index (χ1) is 4.64. The first-order valence-corrected chi connectivity index (χ1v) is 3.45. The quantitative estimate of drug-likeness (QED) is 0.190. The van der Waals surface area contributed by atoms with Crippen LogP contribution in [0.15, 0.2) is 0 Å². The molecule has 0 spiro atoms. The van der Waals surface area contributed by atoms with Crippen LogP contribution in [0.1, 0.15) is 0 Å². The minimum atomic E-state index is -4.64. The molecule has 0 bridgehead atoms. The molecule has 10 heteroatoms. The molecule has 0 aliphatic heterocycles. The summed E-state index contributed by atoms with van der Waals surface area (Å²) in [4.78, 5) is 39.8. The van der Waals surface area contributed by atoms with Crippen molar-refractivity contribution in [2.45, 2.75) is 0 Å². The molecule has 0 rings (SSSR count). The van der Waals surface area contributed by atoms with E-state index in [0.717, 1.165) is 0 Å². The van der Waals surface area contributed by atoms with E-state index in [1.165, 1.54) is 0 Å². The second kappa shape index (κ2) is 7.23. The summed E-state index contributed by atoms with van der Waals surface area (Å²) in [6.45, 7) is 0. The van der Waals surface area contributed by atoms with Crippen LogP contribution in [0, 0.1) is 0 Å². The third kappa shape index (κ3) is 55.2. The summed E-state index contributed by atoms with van der Waals surface area (Å²) < 4.78 is 8.88. The molecule has 74 valence electrons. The average molecular weight is 244 g/mol. The van der Waals surface area contributed by atoms with Crippen LogP contribution in [-0.2, 0) is 31.2 Å². The van der Waals surface area contributed by atoms with Gasteiger partial charge < -0.3 is 24.9 Å². The largest absolute Gasteiger partial charge is 0.473 e. The van der Waals surface area contributed by atoms with Crippen LogP contribution in [0.2, 0.25) is 0 Å². The van der Waals surface area contributed by atoms with E-state index < -0.39 is 19.8 Å². The molecule has 0 fully saturated rings. The number of carboxylic acid groups (broad SMARTS) is 2. The number of hydrogen-bond acceptors (Lipinski definition) is 3. The van der Waals surface area contributed by atoms with Crippen molar-refractivity contribution in [2.24, 2.45) is 0 Å². The number of carbonyl (C=O) groups is 2. The van der Waals surface area contributed by atoms with Crippen molar-refractivity contribution in [1.82, 2.24) is 0 Å². The maximum atomic E-state index is 9.10. The van der Waals surface area contributed by atoms with E-state index in [0.29, 0.717) is 0 Å². The second-order valence-electron chi connectivity index (χ2n) is 1.12. The third-order valence-corrected chi connectivity index (χ3v) is 0.183. The van der Waals surface area contributed by atoms with E-state index in [1.807, 2.05) is 0 Å². The molecular formula is C2H5FeO8P. The van der Waals surface area contributed by atoms with Gasteiger partial charge in [0.15, 0.2) is 0 Å². The smallest absolute Gasteiger partial charge is 0.466 e. The second-order valence-corrected chi connectivity index (χ2v) is 2.15. The van der Waals surface area contributed by atoms with Gasteiger partial charge >= 0.3 is 19.8 Å². The molecule has 0 unspecified atom stereocenters. The molecule has 0 atom stereocenters. The van der Waals surface area contributed by atoms with Crippen molar-refractivity contribution in [1.29, 1.82) is 0 Å². The topological polar surface area (TPSA) is 152 Å². The number of phosphoric acid groups is 1. The zero-order valence-electron chi connectivity index (χ0n) is 5.26. The first-order valence-electron chi connectivity index (χ1n) is 1.89. The van der Waals surface area contributed by atoms with Crippen molar-refractivity contribution >= 4 is 19.8 Å². The Labute approximate surface area is 76.5 Å². The Balaban J connectivity index is -0.000000126. The predicted molar refractivity (Wildman–Crippen MR) is 29.5 cm³/mol. The van der Waals surface area contributed by atoms with Crippen molar-refractivity contribution in [3.05, 3.63) is 0 Å². The first kappa shape index (κ1) is 17.6. The maximum absolute atomic E-state index is 9.10. The Morgan fingerprint density at radius 2 is 1.00 bits per heavy atom. The summed E-state index contributed by atoms with van der Waals surface area (Å²) in [5.74, 6) is -3.65. The molecule has 0 aliphatic carbocycles. The molecule has 0 amide bonds. The Hall–Kier alpha value is -0.431. The van der Waals surface area contributed by atoms with E-state index in [9.17, 15) is 0 Å². The number of aliphatic carboxylic acids is 2. The Morgan fingerprint density at radius 1 is 0.917 bits per heavy atom. The van der Waals surface area contributed by atoms with E-state index >= 15 is 0 Å². The summed E-state index contributed by atoms with van der Waals surface area (Å²) in [6, 6.07) is 0. The van der Waals surface area contributed by atoms with E-state index in [-0.39, 0.29) is 17.1 Å². The van der Waals surface area contributed by atoms with Gasteiger partial charge in [0.05, 0.1) is 0 Å². The molecule has 0 aromatic heterocycles. The van der Waals surface area contributed by atoms with Crippen molar-refractivity contribution in [3.8, 4) is 0 Å². The summed E-state index contributed by atoms with van der Waals surface area (Å²) in [5, 5.41) is 14.8. The van der Waals surface area contributed by atoms with Gasteiger partial charge in [-0.3, -0.25) is 0 Å². The zero-order valence-corrected chi connectivity index (χ0v) is 7.26. The maximum Gasteiger partial charge on any atom is 0.466 e. The summed E-state index contributed by atoms with van der Waals surface area (Å²) in [6.07, 6.45) is 0. The molecule has 0 radical (unpaired) electrons. The van der Waals surface area contributed by atoms with Gasteiger partial charge in [-0.15, -0.1) is 0 Å². The molecular weight excluding hydrogens is 239 g/mol. The van der Waals surface area contributed by atoms with Gasteiger partial charge in [-0.2, -0.15) is 0 Å². The van der Waals surface area contributed by atoms with E-state index in [2.05, 4.69) is 0 Å². The average Bonchev–Trinajstić information content (AvgIpc) is 1.59. The molecule has 12 heavy (non-hydrogen) atoms. The van der Waals surface area contributed by atoms with Crippen LogP contribution in [-0.4, -0.2) is 36.8 Å². The van der Waals surface area contributed by atoms with Crippen molar-refractivity contribution in [2.75, 3.05) is 0 Å². The molecule has 0 saturated carbocycles. The Kier molecular flexibility index (Phi) is 10.6. The van der Waals surface area contributed by atoms with Gasteiger partial charge in [0.2, 0.25) is 0 Å². The number of carboxylic acids is 2. The van der Waals surface area contributed by atoms with Crippen LogP contribution >= 0.6 is 7.82 Å². The van der Waals surface area contributed by atoms with Crippen LogP contribution in [0.5, 0.6) is 0 Å². The number of rotatable bonds is 0. The van der Waals surface area contributed by atoms with E-state index in [1.54, 1.807) is 0 Å². The molecule has 0 aromatic rings. The number of hydrogen-bond donors (Lipinski definition) is 5. The molecule has 0 aromatic carbocycles. The van der Waals surface area contributed by atoms with Crippen molar-refractivity contribution in [3.63, 3.8) is 0 Å². The van der Waals surface area contributed by atoms with Crippen LogP contribution in [0.25, 0.3) is 0 Å². The summed E-state index contributed by atoms with van der Waals surface area (Å²) in [7, 11) is -4.64. The molecule has 5 N–H and O–H groups in total. The fraction of sp³-hybridized carbons (Fsp3) is 0. The van der Waals surface area contributed by atoms with Crippen LogP contribution < -0.4 is 0 Å². The molecule has 0 heterocycles. The van der Waals surface area contributed by atoms with Gasteiger partial charge in [0.1, 0.15) is 0 Å². The van der Waals surface area contributed by atoms with E-state index in [4.69, 9.17) is 39.0 Å². The molecule has 0 saturated heterocycles. The fourth-order valence-corrected chi connectivity index (χ4v) is 0. The summed E-state index contributed by atoms with van der Waals surface area (Å²) >= 11 is 0. The van der Waals surface area contributed by atoms with Gasteiger partial charge in [-0.25, -0.2) is 14.2 Å². The normalized spacial score (nSPS) is 8.58. The van der Waals surface area contributed by atoms with Gasteiger partial charge in [-0.05, 0) is 0 Å². The molecule has 0 aliphatic rings. The standard InChI is InChI=1S/C2H2O4.Fe.H3O4P/c3-1(4)2(5)6;;1-5(2,3)4/h(H,3,4)(H,5,6);;(H3,1,2,3,4). The predicted octanol–water partition coefficient (Wildman–Crippen LogP) is -1.78. The van der Waals surface area contributed by atoms with Gasteiger partial charge in [0.25, 0.3) is 0 Å². The fourth-order valence-electron chi connectivity index (χ4n) is 0. The Morgan fingerprint density at radius 3 is 1.00 bits per heavy atom. The van der Waals surface area contributed by atoms with Crippen LogP contribution in [0.4, 0.5) is 0 Å². The minimum Gasteiger partial charge on any atom is -0.473 e.